The number of ether oxygens (including phenoxy) is 8. The van der Waals surface area contributed by atoms with Crippen LogP contribution >= 0.6 is 7.82 Å². The van der Waals surface area contributed by atoms with Gasteiger partial charge in [0.1, 0.15) is 92.6 Å². The van der Waals surface area contributed by atoms with Gasteiger partial charge < -0.3 is 88.7 Å². The molecule has 19 unspecified atom stereocenters. The minimum Gasteiger partial charge on any atom is -0.463 e. The number of aliphatic hydroxyl groups excluding tert-OH is 9. The molecule has 25 nitrogen and oxygen atoms in total. The molecule has 0 aromatic heterocycles. The van der Waals surface area contributed by atoms with Crippen molar-refractivity contribution in [2.75, 3.05) is 26.4 Å². The zero-order chi connectivity index (χ0) is 86.2. The second kappa shape index (κ2) is 70.2. The number of phosphoric acid groups is 1. The highest BCUT2D eigenvalue weighted by Crippen LogP contribution is 2.49. The van der Waals surface area contributed by atoms with Crippen molar-refractivity contribution in [2.24, 2.45) is 5.92 Å². The van der Waals surface area contributed by atoms with Crippen molar-refractivity contribution < 1.29 is 122 Å². The van der Waals surface area contributed by atoms with E-state index in [0.717, 1.165) is 135 Å². The predicted octanol–water partition coefficient (Wildman–Crippen LogP) is 17.6. The summed E-state index contributed by atoms with van der Waals surface area (Å²) in [6.07, 6.45) is 28.9. The Bertz CT molecular complexity index is 2570. The van der Waals surface area contributed by atoms with Crippen molar-refractivity contribution in [2.45, 2.75) is 505 Å². The van der Waals surface area contributed by atoms with E-state index in [1.54, 1.807) is 0 Å². The van der Waals surface area contributed by atoms with Gasteiger partial charge in [0.05, 0.1) is 13.2 Å². The van der Waals surface area contributed by atoms with E-state index in [4.69, 9.17) is 46.9 Å². The van der Waals surface area contributed by atoms with Crippen molar-refractivity contribution in [3.8, 4) is 0 Å². The summed E-state index contributed by atoms with van der Waals surface area (Å²) in [6.45, 7) is 7.87. The lowest BCUT2D eigenvalue weighted by atomic mass is 9.84. The molecule has 118 heavy (non-hydrogen) atoms. The maximum Gasteiger partial charge on any atom is 0.472 e. The fraction of sp³-hybridized carbons (Fsp3) is 0.913. The van der Waals surface area contributed by atoms with Crippen molar-refractivity contribution >= 4 is 31.7 Å². The molecule has 2 saturated heterocycles. The van der Waals surface area contributed by atoms with Crippen LogP contribution in [0.4, 0.5) is 0 Å². The fourth-order valence-corrected chi connectivity index (χ4v) is 16.6. The molecule has 3 rings (SSSR count). The quantitative estimate of drug-likeness (QED) is 0.00889. The average molecular weight is 1710 g/mol. The largest absolute Gasteiger partial charge is 0.472 e. The Morgan fingerprint density at radius 2 is 0.686 bits per heavy atom. The predicted molar refractivity (Wildman–Crippen MR) is 458 cm³/mol. The van der Waals surface area contributed by atoms with Crippen molar-refractivity contribution in [3.05, 3.63) is 24.3 Å². The SMILES string of the molecule is CCCCCC/C=C\CCCCCCCCCC(=O)OC(COC(=O)CCCCCCCCCCCCCCCCC)COP(=O)(O)OC1C(OC2OC(CO)C(O)C(O)C2O)C(O)C(O)C(OC(=O)CCCCCCCCC(C)CCCCCCCC)C1OC1OC(COC(=O)CCCCC/C=C\CCCCCCCC)C(O)C(O)C1O. The van der Waals surface area contributed by atoms with Gasteiger partial charge >= 0.3 is 31.7 Å². The van der Waals surface area contributed by atoms with Crippen molar-refractivity contribution in [1.82, 2.24) is 0 Å². The summed E-state index contributed by atoms with van der Waals surface area (Å²) in [5.41, 5.74) is 0. The number of hydrogen-bond donors (Lipinski definition) is 10. The van der Waals surface area contributed by atoms with E-state index in [9.17, 15) is 74.6 Å². The summed E-state index contributed by atoms with van der Waals surface area (Å²) in [5.74, 6) is -2.36. The zero-order valence-electron chi connectivity index (χ0n) is 73.9. The summed E-state index contributed by atoms with van der Waals surface area (Å²) in [7, 11) is -5.81. The number of esters is 4. The average Bonchev–Trinajstić information content (AvgIpc) is 0.755. The van der Waals surface area contributed by atoms with Gasteiger partial charge in [-0.05, 0) is 83.0 Å². The zero-order valence-corrected chi connectivity index (χ0v) is 74.8. The van der Waals surface area contributed by atoms with Crippen LogP contribution in [0.3, 0.4) is 0 Å². The van der Waals surface area contributed by atoms with Gasteiger partial charge in [0, 0.05) is 25.7 Å². The first-order chi connectivity index (χ1) is 57.1. The van der Waals surface area contributed by atoms with Gasteiger partial charge in [-0.3, -0.25) is 28.2 Å². The summed E-state index contributed by atoms with van der Waals surface area (Å²) in [5, 5.41) is 102. The molecule has 692 valence electrons. The molecule has 3 aliphatic rings. The first-order valence-electron chi connectivity index (χ1n) is 47.5. The third-order valence-electron chi connectivity index (χ3n) is 23.3. The first kappa shape index (κ1) is 109. The van der Waals surface area contributed by atoms with Crippen LogP contribution < -0.4 is 0 Å². The van der Waals surface area contributed by atoms with Crippen LogP contribution in [0, 0.1) is 5.92 Å². The first-order valence-corrected chi connectivity index (χ1v) is 49.0. The maximum atomic E-state index is 14.9. The Labute approximate surface area is 711 Å². The van der Waals surface area contributed by atoms with Crippen LogP contribution in [0.5, 0.6) is 0 Å². The Kier molecular flexibility index (Phi) is 64.9. The molecule has 1 saturated carbocycles. The lowest BCUT2D eigenvalue weighted by Gasteiger charge is -2.50. The minimum atomic E-state index is -5.81. The lowest BCUT2D eigenvalue weighted by molar-refractivity contribution is -0.360. The normalized spacial score (nSPS) is 25.3. The number of allylic oxidation sites excluding steroid dienone is 4. The molecule has 0 bridgehead atoms. The van der Waals surface area contributed by atoms with Gasteiger partial charge in [0.15, 0.2) is 24.8 Å². The maximum absolute atomic E-state index is 14.9. The fourth-order valence-electron chi connectivity index (χ4n) is 15.7. The highest BCUT2D eigenvalue weighted by atomic mass is 31.2. The number of aliphatic hydroxyl groups is 9. The second-order valence-electron chi connectivity index (χ2n) is 34.1. The molecule has 0 radical (unpaired) electrons. The molecule has 0 aromatic carbocycles. The van der Waals surface area contributed by atoms with E-state index in [1.165, 1.54) is 161 Å². The topological polar surface area (TPSA) is 380 Å². The van der Waals surface area contributed by atoms with Crippen LogP contribution in [-0.2, 0) is 70.7 Å². The summed E-state index contributed by atoms with van der Waals surface area (Å²) >= 11 is 0. The number of unbranched alkanes of at least 4 members (excludes halogenated alkanes) is 44. The van der Waals surface area contributed by atoms with E-state index in [2.05, 4.69) is 58.9 Å². The van der Waals surface area contributed by atoms with Crippen LogP contribution in [0.2, 0.25) is 0 Å². The van der Waals surface area contributed by atoms with Gasteiger partial charge in [-0.15, -0.1) is 0 Å². The molecule has 1 aliphatic carbocycles. The third-order valence-corrected chi connectivity index (χ3v) is 24.3. The van der Waals surface area contributed by atoms with Crippen molar-refractivity contribution in [1.29, 1.82) is 0 Å². The molecular weight excluding hydrogens is 1540 g/mol. The second-order valence-corrected chi connectivity index (χ2v) is 35.6. The molecule has 0 amide bonds. The molecule has 19 atom stereocenters. The molecule has 0 spiro atoms. The molecular formula is C92H169O25P. The van der Waals surface area contributed by atoms with E-state index >= 15 is 0 Å². The molecule has 10 N–H and O–H groups in total. The number of rotatable bonds is 76. The third kappa shape index (κ3) is 50.2. The van der Waals surface area contributed by atoms with E-state index in [-0.39, 0.29) is 25.7 Å². The van der Waals surface area contributed by atoms with Crippen LogP contribution in [0.25, 0.3) is 0 Å². The Hall–Kier alpha value is -3.05. The molecule has 3 fully saturated rings. The highest BCUT2D eigenvalue weighted by Gasteiger charge is 2.60. The van der Waals surface area contributed by atoms with Crippen LogP contribution in [0.1, 0.15) is 401 Å². The number of hydrogen-bond acceptors (Lipinski definition) is 24. The molecule has 2 aliphatic heterocycles. The van der Waals surface area contributed by atoms with Crippen LogP contribution in [0.15, 0.2) is 24.3 Å². The Balaban J connectivity index is 1.93. The van der Waals surface area contributed by atoms with E-state index < -0.39 is 162 Å². The number of carbonyl (C=O) groups is 4. The van der Waals surface area contributed by atoms with E-state index in [1.807, 2.05) is 0 Å². The summed E-state index contributed by atoms with van der Waals surface area (Å²) < 4.78 is 73.5. The lowest BCUT2D eigenvalue weighted by Crippen LogP contribution is -2.70. The van der Waals surface area contributed by atoms with Crippen LogP contribution in [-0.4, -0.2) is 205 Å². The molecule has 26 heteroatoms. The molecule has 2 heterocycles. The van der Waals surface area contributed by atoms with Gasteiger partial charge in [0.25, 0.3) is 0 Å². The van der Waals surface area contributed by atoms with E-state index in [0.29, 0.717) is 50.9 Å². The Morgan fingerprint density at radius 1 is 0.356 bits per heavy atom. The molecule has 0 aromatic rings. The van der Waals surface area contributed by atoms with Gasteiger partial charge in [-0.2, -0.15) is 0 Å². The summed E-state index contributed by atoms with van der Waals surface area (Å²) in [6, 6.07) is 0. The standard InChI is InChI=1S/C92H169O25P/c1-6-10-14-18-22-25-28-31-33-36-39-41-44-51-57-63-75(94)108-68-72(111-77(96)65-59-53-46-43-40-37-34-32-29-26-23-19-15-11-7-2)69-110-118(106,107)117-90-88(115-91-85(104)81(100)79(98)73(67-93)112-91)84(103)83(102)87(114-78(97)66-60-54-48-47-50-56-62-71(5)61-55-49-21-17-13-9-4)89(90)116-92-86(105)82(101)80(99)74(113-92)70-109-76(95)64-58-52-45-42-38-35-30-27-24-20-16-12-8-3/h26,29,35,38,71-74,79-93,98-105H,6-25,27-28,30-34,36-37,39-70H2,1-5H3,(H,106,107)/b29-26-,38-35-. The summed E-state index contributed by atoms with van der Waals surface area (Å²) in [4.78, 5) is 66.5. The monoisotopic (exact) mass is 1710 g/mol. The smallest absolute Gasteiger partial charge is 0.463 e. The number of carbonyl (C=O) groups excluding carboxylic acids is 4. The van der Waals surface area contributed by atoms with Gasteiger partial charge in [-0.1, -0.05) is 322 Å². The minimum absolute atomic E-state index is 0.00619. The number of phosphoric ester groups is 1. The Morgan fingerprint density at radius 3 is 1.11 bits per heavy atom. The van der Waals surface area contributed by atoms with Gasteiger partial charge in [-0.25, -0.2) is 4.57 Å². The highest BCUT2D eigenvalue weighted by molar-refractivity contribution is 7.47. The van der Waals surface area contributed by atoms with Crippen molar-refractivity contribution in [3.63, 3.8) is 0 Å². The van der Waals surface area contributed by atoms with Gasteiger partial charge in [0.2, 0.25) is 0 Å².